The van der Waals surface area contributed by atoms with Gasteiger partial charge in [-0.25, -0.2) is 49.8 Å². The van der Waals surface area contributed by atoms with Crippen molar-refractivity contribution >= 4 is 87.2 Å². The van der Waals surface area contributed by atoms with E-state index in [1.807, 2.05) is 200 Å². The van der Waals surface area contributed by atoms with Crippen LogP contribution in [-0.4, -0.2) is 59.0 Å². The molecule has 684 valence electrons. The molecule has 29 rings (SSSR count). The van der Waals surface area contributed by atoms with Gasteiger partial charge in [0, 0.05) is 116 Å². The third-order valence-corrected chi connectivity index (χ3v) is 28.5. The molecule has 0 radical (unpaired) electrons. The van der Waals surface area contributed by atoms with E-state index in [9.17, 15) is 0 Å². The van der Waals surface area contributed by atoms with Crippen molar-refractivity contribution in [3.8, 4) is 181 Å². The Morgan fingerprint density at radius 3 is 1.14 bits per heavy atom. The van der Waals surface area contributed by atoms with Gasteiger partial charge < -0.3 is 13.6 Å². The third-order valence-electron chi connectivity index (χ3n) is 28.5. The van der Waals surface area contributed by atoms with Crippen molar-refractivity contribution < 1.29 is 4.42 Å². The van der Waals surface area contributed by atoms with Crippen molar-refractivity contribution in [2.45, 2.75) is 19.3 Å². The lowest BCUT2D eigenvalue weighted by Gasteiger charge is -2.22. The first-order valence-corrected chi connectivity index (χ1v) is 49.2. The smallest absolute Gasteiger partial charge is 0.164 e. The summed E-state index contributed by atoms with van der Waals surface area (Å²) in [5.41, 5.74) is 34.6. The molecular weight excluding hydrogens is 1780 g/mol. The van der Waals surface area contributed by atoms with Crippen LogP contribution in [0.5, 0.6) is 0 Å². The number of hydrogen-bond donors (Lipinski definition) is 0. The minimum atomic E-state index is -0.115. The van der Waals surface area contributed by atoms with Crippen LogP contribution in [0.25, 0.3) is 268 Å². The Kier molecular flexibility index (Phi) is 20.9. The number of rotatable bonds is 14. The molecule has 0 saturated heterocycles. The summed E-state index contributed by atoms with van der Waals surface area (Å²) in [7, 11) is 0. The largest absolute Gasteiger partial charge is 0.455 e. The van der Waals surface area contributed by atoms with E-state index in [0.717, 1.165) is 144 Å². The van der Waals surface area contributed by atoms with Crippen LogP contribution in [-0.2, 0) is 5.41 Å². The minimum Gasteiger partial charge on any atom is -0.455 e. The monoisotopic (exact) mass is 1870 g/mol. The predicted molar refractivity (Wildman–Crippen MR) is 595 cm³/mol. The number of furan rings is 1. The number of benzene rings is 20. The first kappa shape index (κ1) is 85.7. The van der Waals surface area contributed by atoms with Crippen molar-refractivity contribution in [3.63, 3.8) is 0 Å². The molecule has 27 aromatic rings. The van der Waals surface area contributed by atoms with E-state index >= 15 is 0 Å². The molecule has 0 amide bonds. The Balaban J connectivity index is 0.000000109. The van der Waals surface area contributed by atoms with Gasteiger partial charge in [-0.1, -0.05) is 420 Å². The molecule has 0 spiro atoms. The Bertz CT molecular complexity index is 9650. The molecule has 0 atom stereocenters. The molecule has 7 heterocycles. The Labute approximate surface area is 841 Å². The molecule has 13 nitrogen and oxygen atoms in total. The molecular formula is C133H86N12O. The maximum Gasteiger partial charge on any atom is 0.164 e. The Morgan fingerprint density at radius 2 is 0.562 bits per heavy atom. The quantitative estimate of drug-likeness (QED) is 0.102. The summed E-state index contributed by atoms with van der Waals surface area (Å²) in [6.45, 7) is 4.63. The number of aromatic nitrogens is 12. The average Bonchev–Trinajstić information content (AvgIpc) is 1.53. The third kappa shape index (κ3) is 15.1. The normalized spacial score (nSPS) is 12.1. The van der Waals surface area contributed by atoms with E-state index in [2.05, 4.69) is 308 Å². The zero-order valence-corrected chi connectivity index (χ0v) is 79.5. The van der Waals surface area contributed by atoms with E-state index in [4.69, 9.17) is 54.3 Å². The van der Waals surface area contributed by atoms with Crippen LogP contribution < -0.4 is 0 Å². The summed E-state index contributed by atoms with van der Waals surface area (Å²) < 4.78 is 11.2. The maximum atomic E-state index is 6.45. The number of nitrogens with zero attached hydrogens (tertiary/aromatic N) is 12. The van der Waals surface area contributed by atoms with E-state index < -0.39 is 0 Å². The zero-order valence-electron chi connectivity index (χ0n) is 79.5. The molecule has 0 N–H and O–H groups in total. The molecule has 0 unspecified atom stereocenters. The van der Waals surface area contributed by atoms with Crippen LogP contribution in [0.4, 0.5) is 0 Å². The van der Waals surface area contributed by atoms with Gasteiger partial charge in [0.05, 0.1) is 33.3 Å². The van der Waals surface area contributed by atoms with E-state index in [1.165, 1.54) is 82.3 Å². The van der Waals surface area contributed by atoms with Gasteiger partial charge in [0.2, 0.25) is 0 Å². The van der Waals surface area contributed by atoms with Gasteiger partial charge in [-0.15, -0.1) is 0 Å². The van der Waals surface area contributed by atoms with Crippen LogP contribution in [0, 0.1) is 0 Å². The average molecular weight is 1870 g/mol. The molecule has 13 heteroatoms. The standard InChI is InChI=1S/C45H28N4O.C45H32N4.C43H26N4/c1-3-13-29(14-4-1)43-46-44(30-15-5-2-6-16-30)48-45(47-43)32-17-11-18-33(27-32)49-39-23-9-7-19-35(39)36-26-25-31(28-40(36)49)34-21-12-22-38-37-20-8-10-24-41(37)50-42(34)38;1-45(2)38-24-13-12-23-34(38)36-26-37-35(27-40(29-15-6-3-7-16-29)46-41(37)28-39(36)45)32-21-14-22-33(25-32)44-48-42(30-17-8-4-9-18-30)47-43(49-44)31-19-10-5-11-20-31;1-4-13-27(14-5-1)41-44-42(28-15-6-2-7-16-28)46-43(45-41)29-23-24-34-37(25-29)47(30-17-8-3-9-18-30)38-26-36-32-20-11-10-19-31(32)33-21-12-22-35(39(33)36)40(34)38/h1-28H;3-28H,1-2H3;1-26H. The van der Waals surface area contributed by atoms with Gasteiger partial charge in [-0.3, -0.25) is 0 Å². The summed E-state index contributed by atoms with van der Waals surface area (Å²) in [5.74, 6) is 5.78. The summed E-state index contributed by atoms with van der Waals surface area (Å²) in [4.78, 5) is 50.1. The Morgan fingerprint density at radius 1 is 0.185 bits per heavy atom. The summed E-state index contributed by atoms with van der Waals surface area (Å²) >= 11 is 0. The summed E-state index contributed by atoms with van der Waals surface area (Å²) in [6.07, 6.45) is 0. The van der Waals surface area contributed by atoms with Gasteiger partial charge in [-0.2, -0.15) is 0 Å². The Hall–Kier alpha value is -19.5. The van der Waals surface area contributed by atoms with Gasteiger partial charge in [0.25, 0.3) is 0 Å². The van der Waals surface area contributed by atoms with Crippen LogP contribution in [0.3, 0.4) is 0 Å². The zero-order chi connectivity index (χ0) is 96.9. The highest BCUT2D eigenvalue weighted by molar-refractivity contribution is 6.30. The van der Waals surface area contributed by atoms with Crippen molar-refractivity contribution in [1.82, 2.24) is 59.0 Å². The fraction of sp³-hybridized carbons (Fsp3) is 0.0226. The molecule has 0 saturated carbocycles. The fourth-order valence-corrected chi connectivity index (χ4v) is 21.6. The molecule has 2 aliphatic rings. The van der Waals surface area contributed by atoms with Crippen molar-refractivity contribution in [1.29, 1.82) is 0 Å². The van der Waals surface area contributed by atoms with Gasteiger partial charge in [0.15, 0.2) is 52.4 Å². The van der Waals surface area contributed by atoms with Crippen LogP contribution in [0.1, 0.15) is 25.0 Å². The molecule has 146 heavy (non-hydrogen) atoms. The lowest BCUT2D eigenvalue weighted by molar-refractivity contribution is 0.661. The van der Waals surface area contributed by atoms with Gasteiger partial charge in [-0.05, 0) is 151 Å². The summed E-state index contributed by atoms with van der Waals surface area (Å²) in [6, 6.07) is 169. The van der Waals surface area contributed by atoms with Crippen LogP contribution in [0.2, 0.25) is 0 Å². The fourth-order valence-electron chi connectivity index (χ4n) is 21.6. The molecule has 2 aliphatic carbocycles. The number of fused-ring (bicyclic) bond motifs is 17. The first-order chi connectivity index (χ1) is 72.1. The van der Waals surface area contributed by atoms with E-state index in [1.54, 1.807) is 0 Å². The number of pyridine rings is 1. The maximum absolute atomic E-state index is 6.45. The summed E-state index contributed by atoms with van der Waals surface area (Å²) in [5, 5.41) is 10.8. The first-order valence-electron chi connectivity index (χ1n) is 49.2. The lowest BCUT2D eigenvalue weighted by atomic mass is 9.82. The highest BCUT2D eigenvalue weighted by Crippen LogP contribution is 2.54. The van der Waals surface area contributed by atoms with Crippen molar-refractivity contribution in [2.24, 2.45) is 0 Å². The highest BCUT2D eigenvalue weighted by Gasteiger charge is 2.37. The highest BCUT2D eigenvalue weighted by atomic mass is 16.3. The molecule has 0 fully saturated rings. The van der Waals surface area contributed by atoms with E-state index in [0.29, 0.717) is 52.4 Å². The SMILES string of the molecule is CC1(C)c2ccccc2-c2cc3c(-c4cccc(-c5nc(-c6ccccc6)nc(-c6ccccc6)n5)c4)cc(-c4ccccc4)nc3cc21.c1ccc(-c2nc(-c3ccccc3)nc(-c3ccc4c5c6cccc7c6c(cc5n(-c5ccccc5)c4c3)-c3ccccc3-7)n2)cc1.c1ccc(-c2nc(-c3ccccc3)nc(-c3cccc(-n4c5ccccc5c5ccc(-c6cccc7c6oc6ccccc67)cc54)c3)n2)cc1. The lowest BCUT2D eigenvalue weighted by Crippen LogP contribution is -2.14. The van der Waals surface area contributed by atoms with Crippen molar-refractivity contribution in [3.05, 3.63) is 496 Å². The van der Waals surface area contributed by atoms with Crippen LogP contribution >= 0.6 is 0 Å². The molecule has 0 bridgehead atoms. The molecule has 20 aromatic carbocycles. The minimum absolute atomic E-state index is 0.115. The second kappa shape index (κ2) is 35.7. The molecule has 7 aromatic heterocycles. The van der Waals surface area contributed by atoms with Gasteiger partial charge >= 0.3 is 0 Å². The second-order valence-corrected chi connectivity index (χ2v) is 37.6. The topological polar surface area (TPSA) is 152 Å². The predicted octanol–water partition coefficient (Wildman–Crippen LogP) is 33.4. The second-order valence-electron chi connectivity index (χ2n) is 37.6. The number of para-hydroxylation sites is 4. The van der Waals surface area contributed by atoms with E-state index in [-0.39, 0.29) is 5.41 Å². The number of hydrogen-bond acceptors (Lipinski definition) is 11. The van der Waals surface area contributed by atoms with Crippen LogP contribution in [0.15, 0.2) is 490 Å². The van der Waals surface area contributed by atoms with Gasteiger partial charge in [0.1, 0.15) is 11.2 Å². The van der Waals surface area contributed by atoms with Crippen molar-refractivity contribution in [2.75, 3.05) is 0 Å². The molecule has 0 aliphatic heterocycles.